The van der Waals surface area contributed by atoms with Gasteiger partial charge in [0.1, 0.15) is 5.82 Å². The molecule has 7 heteroatoms. The van der Waals surface area contributed by atoms with E-state index in [9.17, 15) is 4.79 Å². The summed E-state index contributed by atoms with van der Waals surface area (Å²) in [4.78, 5) is 11.0. The third-order valence-electron chi connectivity index (χ3n) is 3.27. The van der Waals surface area contributed by atoms with Gasteiger partial charge in [-0.3, -0.25) is 10.2 Å². The molecule has 0 saturated carbocycles. The number of aryl methyl sites for hydroxylation is 1. The SMILES string of the molecule is NNC(=O)CCCCSc1nnc2n1CCCCC2. The Labute approximate surface area is 117 Å². The highest BCUT2D eigenvalue weighted by Gasteiger charge is 2.14. The lowest BCUT2D eigenvalue weighted by molar-refractivity contribution is -0.121. The maximum Gasteiger partial charge on any atom is 0.233 e. The van der Waals surface area contributed by atoms with Gasteiger partial charge >= 0.3 is 0 Å². The molecular weight excluding hydrogens is 262 g/mol. The molecule has 0 unspecified atom stereocenters. The fraction of sp³-hybridized carbons (Fsp3) is 0.750. The summed E-state index contributed by atoms with van der Waals surface area (Å²) in [5.74, 6) is 7.03. The number of carbonyl (C=O) groups excluding carboxylic acids is 1. The molecule has 0 aromatic carbocycles. The van der Waals surface area contributed by atoms with Crippen molar-refractivity contribution in [2.75, 3.05) is 5.75 Å². The van der Waals surface area contributed by atoms with E-state index >= 15 is 0 Å². The van der Waals surface area contributed by atoms with Crippen molar-refractivity contribution in [2.45, 2.75) is 56.6 Å². The minimum absolute atomic E-state index is 0.0960. The summed E-state index contributed by atoms with van der Waals surface area (Å²) in [6.45, 7) is 1.04. The molecule has 0 spiro atoms. The molecule has 0 fully saturated rings. The van der Waals surface area contributed by atoms with Crippen LogP contribution in [0.2, 0.25) is 0 Å². The second-order valence-corrected chi connectivity index (χ2v) is 5.80. The fourth-order valence-electron chi connectivity index (χ4n) is 2.19. The number of nitrogens with zero attached hydrogens (tertiary/aromatic N) is 3. The molecule has 2 heterocycles. The van der Waals surface area contributed by atoms with Crippen LogP contribution in [-0.4, -0.2) is 26.4 Å². The van der Waals surface area contributed by atoms with Gasteiger partial charge in [-0.15, -0.1) is 10.2 Å². The zero-order valence-electron chi connectivity index (χ0n) is 11.1. The highest BCUT2D eigenvalue weighted by molar-refractivity contribution is 7.99. The first-order chi connectivity index (χ1) is 9.31. The summed E-state index contributed by atoms with van der Waals surface area (Å²) >= 11 is 1.74. The number of hydrogen-bond acceptors (Lipinski definition) is 5. The predicted octanol–water partition coefficient (Wildman–Crippen LogP) is 1.26. The largest absolute Gasteiger partial charge is 0.306 e. The number of amides is 1. The normalized spacial score (nSPS) is 14.8. The van der Waals surface area contributed by atoms with Gasteiger partial charge in [0, 0.05) is 25.1 Å². The molecule has 0 radical (unpaired) electrons. The summed E-state index contributed by atoms with van der Waals surface area (Å²) in [6, 6.07) is 0. The standard InChI is InChI=1S/C12H21N5OS/c13-14-11(18)7-3-5-9-19-12-16-15-10-6-2-1-4-8-17(10)12/h1-9,13H2,(H,14,18). The second kappa shape index (κ2) is 7.49. The van der Waals surface area contributed by atoms with Crippen LogP contribution in [0.4, 0.5) is 0 Å². The molecule has 0 saturated heterocycles. The van der Waals surface area contributed by atoms with E-state index in [0.717, 1.165) is 42.5 Å². The van der Waals surface area contributed by atoms with E-state index in [4.69, 9.17) is 5.84 Å². The zero-order chi connectivity index (χ0) is 13.5. The van der Waals surface area contributed by atoms with Gasteiger partial charge in [-0.2, -0.15) is 0 Å². The van der Waals surface area contributed by atoms with Crippen LogP contribution in [0.15, 0.2) is 5.16 Å². The number of aromatic nitrogens is 3. The summed E-state index contributed by atoms with van der Waals surface area (Å²) < 4.78 is 2.25. The number of nitrogens with one attached hydrogen (secondary N) is 1. The number of unbranched alkanes of at least 4 members (excludes halogenated alkanes) is 1. The zero-order valence-corrected chi connectivity index (χ0v) is 11.9. The van der Waals surface area contributed by atoms with E-state index in [1.165, 1.54) is 19.3 Å². The molecular formula is C12H21N5OS. The van der Waals surface area contributed by atoms with E-state index in [1.807, 2.05) is 0 Å². The van der Waals surface area contributed by atoms with Crippen molar-refractivity contribution in [1.82, 2.24) is 20.2 Å². The summed E-state index contributed by atoms with van der Waals surface area (Å²) in [6.07, 6.45) is 7.10. The van der Waals surface area contributed by atoms with Crippen LogP contribution in [0, 0.1) is 0 Å². The Balaban J connectivity index is 1.74. The molecule has 1 aromatic rings. The van der Waals surface area contributed by atoms with E-state index in [-0.39, 0.29) is 5.91 Å². The molecule has 0 aliphatic carbocycles. The summed E-state index contributed by atoms with van der Waals surface area (Å²) in [5, 5.41) is 9.56. The number of carbonyl (C=O) groups is 1. The van der Waals surface area contributed by atoms with Gasteiger partial charge in [0.2, 0.25) is 5.91 Å². The number of rotatable bonds is 6. The lowest BCUT2D eigenvalue weighted by Gasteiger charge is -2.06. The Kier molecular flexibility index (Phi) is 5.65. The minimum atomic E-state index is -0.0960. The third kappa shape index (κ3) is 4.21. The van der Waals surface area contributed by atoms with Crippen molar-refractivity contribution in [2.24, 2.45) is 5.84 Å². The van der Waals surface area contributed by atoms with Crippen molar-refractivity contribution in [3.8, 4) is 0 Å². The smallest absolute Gasteiger partial charge is 0.233 e. The van der Waals surface area contributed by atoms with Gasteiger partial charge in [-0.1, -0.05) is 18.2 Å². The molecule has 106 valence electrons. The van der Waals surface area contributed by atoms with Crippen molar-refractivity contribution < 1.29 is 4.79 Å². The van der Waals surface area contributed by atoms with E-state index in [1.54, 1.807) is 11.8 Å². The molecule has 1 aromatic heterocycles. The first kappa shape index (κ1) is 14.3. The maximum absolute atomic E-state index is 11.0. The lowest BCUT2D eigenvalue weighted by atomic mass is 10.2. The van der Waals surface area contributed by atoms with Gasteiger partial charge in [-0.05, 0) is 25.7 Å². The molecule has 0 bridgehead atoms. The monoisotopic (exact) mass is 283 g/mol. The van der Waals surface area contributed by atoms with Crippen molar-refractivity contribution in [1.29, 1.82) is 0 Å². The van der Waals surface area contributed by atoms with Gasteiger partial charge in [0.15, 0.2) is 5.16 Å². The third-order valence-corrected chi connectivity index (χ3v) is 4.32. The van der Waals surface area contributed by atoms with Gasteiger partial charge in [0.05, 0.1) is 0 Å². The molecule has 1 aliphatic rings. The predicted molar refractivity (Wildman–Crippen MR) is 74.5 cm³/mol. The molecule has 1 amide bonds. The van der Waals surface area contributed by atoms with E-state index < -0.39 is 0 Å². The lowest BCUT2D eigenvalue weighted by Crippen LogP contribution is -2.29. The Morgan fingerprint density at radius 2 is 2.21 bits per heavy atom. The van der Waals surface area contributed by atoms with Crippen molar-refractivity contribution in [3.63, 3.8) is 0 Å². The van der Waals surface area contributed by atoms with Crippen LogP contribution < -0.4 is 11.3 Å². The van der Waals surface area contributed by atoms with Crippen molar-refractivity contribution >= 4 is 17.7 Å². The molecule has 19 heavy (non-hydrogen) atoms. The molecule has 2 rings (SSSR count). The Hall–Kier alpha value is -1.08. The quantitative estimate of drug-likeness (QED) is 0.270. The number of fused-ring (bicyclic) bond motifs is 1. The highest BCUT2D eigenvalue weighted by atomic mass is 32.2. The maximum atomic E-state index is 11.0. The first-order valence-corrected chi connectivity index (χ1v) is 7.84. The molecule has 6 nitrogen and oxygen atoms in total. The highest BCUT2D eigenvalue weighted by Crippen LogP contribution is 2.22. The van der Waals surface area contributed by atoms with Crippen molar-refractivity contribution in [3.05, 3.63) is 5.82 Å². The Bertz CT molecular complexity index is 420. The first-order valence-electron chi connectivity index (χ1n) is 6.85. The average Bonchev–Trinajstić information content (AvgIpc) is 2.66. The van der Waals surface area contributed by atoms with Crippen LogP contribution >= 0.6 is 11.8 Å². The van der Waals surface area contributed by atoms with Crippen LogP contribution in [0.5, 0.6) is 0 Å². The van der Waals surface area contributed by atoms with Gasteiger partial charge in [0.25, 0.3) is 0 Å². The van der Waals surface area contributed by atoms with Crippen LogP contribution in [0.25, 0.3) is 0 Å². The fourth-order valence-corrected chi connectivity index (χ4v) is 3.17. The number of thioether (sulfide) groups is 1. The van der Waals surface area contributed by atoms with Gasteiger partial charge in [-0.25, -0.2) is 5.84 Å². The Morgan fingerprint density at radius 1 is 1.32 bits per heavy atom. The average molecular weight is 283 g/mol. The van der Waals surface area contributed by atoms with Crippen LogP contribution in [0.1, 0.15) is 44.3 Å². The Morgan fingerprint density at radius 3 is 3.05 bits per heavy atom. The number of hydrazine groups is 1. The number of nitrogens with two attached hydrogens (primary N) is 1. The molecule has 0 atom stereocenters. The molecule has 1 aliphatic heterocycles. The van der Waals surface area contributed by atoms with E-state index in [0.29, 0.717) is 6.42 Å². The summed E-state index contributed by atoms with van der Waals surface area (Å²) in [5.41, 5.74) is 2.15. The van der Waals surface area contributed by atoms with E-state index in [2.05, 4.69) is 20.2 Å². The van der Waals surface area contributed by atoms with Crippen LogP contribution in [-0.2, 0) is 17.8 Å². The minimum Gasteiger partial charge on any atom is -0.306 e. The number of hydrogen-bond donors (Lipinski definition) is 2. The molecule has 3 N–H and O–H groups in total. The van der Waals surface area contributed by atoms with Gasteiger partial charge < -0.3 is 4.57 Å². The topological polar surface area (TPSA) is 85.8 Å². The van der Waals surface area contributed by atoms with Crippen LogP contribution in [0.3, 0.4) is 0 Å². The summed E-state index contributed by atoms with van der Waals surface area (Å²) in [7, 11) is 0. The second-order valence-electron chi connectivity index (χ2n) is 4.73.